The number of carboxylic acids is 1. The van der Waals surface area contributed by atoms with E-state index in [-0.39, 0.29) is 23.5 Å². The number of likely N-dealkylation sites (N-methyl/N-ethyl adjacent to an activating group) is 1. The average Bonchev–Trinajstić information content (AvgIpc) is 2.45. The number of halogens is 2. The lowest BCUT2D eigenvalue weighted by molar-refractivity contribution is -0.139. The molecule has 1 aromatic rings. The number of carboxylic acid groups (broad SMARTS) is 1. The molecule has 0 saturated heterocycles. The summed E-state index contributed by atoms with van der Waals surface area (Å²) in [6, 6.07) is 2.61. The van der Waals surface area contributed by atoms with Gasteiger partial charge in [-0.1, -0.05) is 30.1 Å². The first-order valence-corrected chi connectivity index (χ1v) is 9.81. The van der Waals surface area contributed by atoms with Crippen molar-refractivity contribution in [3.8, 4) is 0 Å². The molecule has 1 fully saturated rings. The van der Waals surface area contributed by atoms with Crippen molar-refractivity contribution in [1.29, 1.82) is 0 Å². The Balaban J connectivity index is 2.01. The number of carbonyl (C=O) groups is 1. The maximum absolute atomic E-state index is 12.4. The lowest BCUT2D eigenvalue weighted by Crippen LogP contribution is -2.54. The highest BCUT2D eigenvalue weighted by molar-refractivity contribution is 7.89. The van der Waals surface area contributed by atoms with Gasteiger partial charge in [0.25, 0.3) is 0 Å². The number of hydrogen-bond donors (Lipinski definition) is 2. The minimum Gasteiger partial charge on any atom is -0.480 e. The van der Waals surface area contributed by atoms with Crippen molar-refractivity contribution in [3.63, 3.8) is 0 Å². The van der Waals surface area contributed by atoms with Crippen molar-refractivity contribution in [3.05, 3.63) is 27.7 Å². The second kappa shape index (κ2) is 7.58. The van der Waals surface area contributed by atoms with Gasteiger partial charge in [-0.05, 0) is 44.0 Å². The number of nitrogens with one attached hydrogen (secondary N) is 1. The molecule has 0 unspecified atom stereocenters. The fraction of sp³-hybridized carbons (Fsp3) is 0.533. The fourth-order valence-corrected chi connectivity index (χ4v) is 4.65. The summed E-state index contributed by atoms with van der Waals surface area (Å²) in [5, 5.41) is 9.48. The molecule has 2 rings (SSSR count). The van der Waals surface area contributed by atoms with E-state index in [1.54, 1.807) is 6.92 Å². The largest absolute Gasteiger partial charge is 0.480 e. The van der Waals surface area contributed by atoms with E-state index in [2.05, 4.69) is 4.72 Å². The van der Waals surface area contributed by atoms with E-state index in [1.807, 2.05) is 11.8 Å². The third kappa shape index (κ3) is 4.40. The van der Waals surface area contributed by atoms with Crippen molar-refractivity contribution >= 4 is 39.2 Å². The predicted molar refractivity (Wildman–Crippen MR) is 93.2 cm³/mol. The van der Waals surface area contributed by atoms with Crippen LogP contribution in [0.5, 0.6) is 0 Å². The summed E-state index contributed by atoms with van der Waals surface area (Å²) in [5.74, 6) is -0.884. The molecular formula is C15H20Cl2N2O4S. The molecule has 1 aromatic carbocycles. The molecule has 134 valence electrons. The third-order valence-electron chi connectivity index (χ3n) is 4.26. The lowest BCUT2D eigenvalue weighted by Gasteiger charge is -2.42. The van der Waals surface area contributed by atoms with Crippen LogP contribution in [0.4, 0.5) is 0 Å². The third-order valence-corrected chi connectivity index (χ3v) is 6.55. The zero-order valence-corrected chi connectivity index (χ0v) is 15.7. The van der Waals surface area contributed by atoms with Gasteiger partial charge in [0.15, 0.2) is 0 Å². The monoisotopic (exact) mass is 394 g/mol. The molecule has 1 aliphatic carbocycles. The van der Waals surface area contributed by atoms with Gasteiger partial charge in [0, 0.05) is 22.1 Å². The fourth-order valence-electron chi connectivity index (χ4n) is 2.72. The van der Waals surface area contributed by atoms with E-state index in [0.29, 0.717) is 35.0 Å². The van der Waals surface area contributed by atoms with E-state index in [1.165, 1.54) is 12.1 Å². The topological polar surface area (TPSA) is 86.7 Å². The number of sulfonamides is 1. The predicted octanol–water partition coefficient (Wildman–Crippen LogP) is 2.52. The van der Waals surface area contributed by atoms with Crippen LogP contribution in [0.1, 0.15) is 25.3 Å². The quantitative estimate of drug-likeness (QED) is 0.741. The summed E-state index contributed by atoms with van der Waals surface area (Å²) in [7, 11) is -3.71. The summed E-state index contributed by atoms with van der Waals surface area (Å²) in [5.41, 5.74) is 0.633. The molecule has 0 heterocycles. The van der Waals surface area contributed by atoms with E-state index in [9.17, 15) is 13.2 Å². The normalized spacial score (nSPS) is 20.9. The van der Waals surface area contributed by atoms with Crippen LogP contribution in [-0.2, 0) is 14.8 Å². The minimum absolute atomic E-state index is 0.0319. The number of aliphatic carboxylic acids is 1. The molecule has 0 atom stereocenters. The Hall–Kier alpha value is -0.860. The summed E-state index contributed by atoms with van der Waals surface area (Å²) in [6.07, 6.45) is 1.15. The van der Waals surface area contributed by atoms with Crippen LogP contribution >= 0.6 is 23.2 Å². The number of benzene rings is 1. The first kappa shape index (κ1) is 19.5. The summed E-state index contributed by atoms with van der Waals surface area (Å²) in [6.45, 7) is 4.17. The Morgan fingerprint density at radius 1 is 1.33 bits per heavy atom. The number of rotatable bonds is 7. The van der Waals surface area contributed by atoms with Crippen molar-refractivity contribution < 1.29 is 18.3 Å². The van der Waals surface area contributed by atoms with Crippen molar-refractivity contribution in [2.45, 2.75) is 43.7 Å². The van der Waals surface area contributed by atoms with Crippen LogP contribution in [0.3, 0.4) is 0 Å². The maximum atomic E-state index is 12.4. The van der Waals surface area contributed by atoms with Crippen LogP contribution < -0.4 is 4.72 Å². The molecular weight excluding hydrogens is 375 g/mol. The highest BCUT2D eigenvalue weighted by atomic mass is 35.5. The average molecular weight is 395 g/mol. The van der Waals surface area contributed by atoms with Crippen LogP contribution in [0.2, 0.25) is 10.0 Å². The second-order valence-electron chi connectivity index (χ2n) is 5.91. The first-order chi connectivity index (χ1) is 11.1. The smallest absolute Gasteiger partial charge is 0.317 e. The molecule has 0 aliphatic heterocycles. The van der Waals surface area contributed by atoms with Crippen LogP contribution in [0.25, 0.3) is 0 Å². The van der Waals surface area contributed by atoms with Gasteiger partial charge in [-0.2, -0.15) is 0 Å². The Kier molecular flexibility index (Phi) is 6.14. The Labute approximate surface area is 151 Å². The van der Waals surface area contributed by atoms with Gasteiger partial charge in [-0.3, -0.25) is 9.69 Å². The molecule has 24 heavy (non-hydrogen) atoms. The van der Waals surface area contributed by atoms with Gasteiger partial charge in [0.05, 0.1) is 11.4 Å². The minimum atomic E-state index is -3.71. The molecule has 6 nitrogen and oxygen atoms in total. The molecule has 0 amide bonds. The molecule has 2 N–H and O–H groups in total. The highest BCUT2D eigenvalue weighted by Crippen LogP contribution is 2.30. The summed E-state index contributed by atoms with van der Waals surface area (Å²) < 4.78 is 27.5. The lowest BCUT2D eigenvalue weighted by atomic mass is 9.86. The van der Waals surface area contributed by atoms with Crippen LogP contribution in [0, 0.1) is 6.92 Å². The molecule has 0 spiro atoms. The van der Waals surface area contributed by atoms with Gasteiger partial charge in [-0.15, -0.1) is 0 Å². The number of hydrogen-bond acceptors (Lipinski definition) is 4. The van der Waals surface area contributed by atoms with Crippen molar-refractivity contribution in [2.75, 3.05) is 13.1 Å². The van der Waals surface area contributed by atoms with Gasteiger partial charge in [0.1, 0.15) is 0 Å². The summed E-state index contributed by atoms with van der Waals surface area (Å²) in [4.78, 5) is 12.7. The maximum Gasteiger partial charge on any atom is 0.317 e. The first-order valence-electron chi connectivity index (χ1n) is 7.57. The van der Waals surface area contributed by atoms with Gasteiger partial charge >= 0.3 is 5.97 Å². The van der Waals surface area contributed by atoms with E-state index in [4.69, 9.17) is 28.3 Å². The van der Waals surface area contributed by atoms with Crippen LogP contribution in [0.15, 0.2) is 17.0 Å². The Morgan fingerprint density at radius 3 is 2.33 bits per heavy atom. The van der Waals surface area contributed by atoms with Gasteiger partial charge < -0.3 is 5.11 Å². The number of nitrogens with zero attached hydrogens (tertiary/aromatic N) is 1. The zero-order chi connectivity index (χ0) is 18.1. The summed E-state index contributed by atoms with van der Waals surface area (Å²) >= 11 is 12.0. The second-order valence-corrected chi connectivity index (χ2v) is 8.44. The molecule has 9 heteroatoms. The molecule has 0 radical (unpaired) electrons. The molecule has 0 bridgehead atoms. The zero-order valence-electron chi connectivity index (χ0n) is 13.4. The van der Waals surface area contributed by atoms with Crippen molar-refractivity contribution in [1.82, 2.24) is 9.62 Å². The van der Waals surface area contributed by atoms with Gasteiger partial charge in [-0.25, -0.2) is 13.1 Å². The Morgan fingerprint density at radius 2 is 1.88 bits per heavy atom. The van der Waals surface area contributed by atoms with E-state index < -0.39 is 16.0 Å². The molecule has 1 saturated carbocycles. The van der Waals surface area contributed by atoms with Gasteiger partial charge in [0.2, 0.25) is 10.0 Å². The SMILES string of the molecule is CCN(CC(=O)O)C1CC(NS(=O)(=O)c2cc(Cl)c(C)c(Cl)c2)C1. The molecule has 0 aromatic heterocycles. The van der Waals surface area contributed by atoms with E-state index >= 15 is 0 Å². The Bertz CT molecular complexity index is 710. The van der Waals surface area contributed by atoms with Crippen LogP contribution in [-0.4, -0.2) is 49.6 Å². The highest BCUT2D eigenvalue weighted by Gasteiger charge is 2.36. The molecule has 1 aliphatic rings. The van der Waals surface area contributed by atoms with E-state index in [0.717, 1.165) is 0 Å². The standard InChI is InChI=1S/C15H20Cl2N2O4S/c1-3-19(8-15(20)21)11-4-10(5-11)18-24(22,23)12-6-13(16)9(2)14(17)7-12/h6-7,10-11,18H,3-5,8H2,1-2H3,(H,20,21). The van der Waals surface area contributed by atoms with Crippen molar-refractivity contribution in [2.24, 2.45) is 0 Å².